The lowest BCUT2D eigenvalue weighted by molar-refractivity contribution is -0.139. The van der Waals surface area contributed by atoms with Gasteiger partial charge in [0, 0.05) is 18.7 Å². The zero-order valence-electron chi connectivity index (χ0n) is 25.1. The molecule has 0 spiro atoms. The number of urea groups is 1. The number of aromatic amines is 1. The molecule has 44 heavy (non-hydrogen) atoms. The Morgan fingerprint density at radius 3 is 2.23 bits per heavy atom. The molecule has 4 aromatic rings. The number of carboxylic acids is 1. The van der Waals surface area contributed by atoms with Crippen molar-refractivity contribution >= 4 is 44.7 Å². The first-order chi connectivity index (χ1) is 20.8. The van der Waals surface area contributed by atoms with Crippen molar-refractivity contribution in [1.82, 2.24) is 20.0 Å². The Labute approximate surface area is 255 Å². The van der Waals surface area contributed by atoms with Crippen LogP contribution in [0, 0.1) is 34.6 Å². The molecule has 1 heterocycles. The largest absolute Gasteiger partial charge is 0.480 e. The molecule has 0 radical (unpaired) electrons. The Bertz CT molecular complexity index is 1910. The zero-order chi connectivity index (χ0) is 32.2. The van der Waals surface area contributed by atoms with Gasteiger partial charge in [-0.05, 0) is 92.3 Å². The van der Waals surface area contributed by atoms with Gasteiger partial charge in [-0.25, -0.2) is 18.2 Å². The number of nitrogens with zero attached hydrogens (tertiary/aromatic N) is 1. The second-order valence-electron chi connectivity index (χ2n) is 10.6. The van der Waals surface area contributed by atoms with Crippen LogP contribution in [0.3, 0.4) is 0 Å². The van der Waals surface area contributed by atoms with Gasteiger partial charge in [0.15, 0.2) is 0 Å². The van der Waals surface area contributed by atoms with Gasteiger partial charge in [0.05, 0.1) is 15.8 Å². The molecule has 230 valence electrons. The SMILES string of the molecule is Cc1c(C)c(C)c(S(=O)(=O)N[C@@H](Cc2nc3ccc(C=CCNC(=O)Nc4ccccc4)cc3c(=O)[nH]2)C(=O)O)c(C)c1C. The predicted octanol–water partition coefficient (Wildman–Crippen LogP) is 4.27. The third-order valence-corrected chi connectivity index (χ3v) is 9.44. The lowest BCUT2D eigenvalue weighted by Gasteiger charge is -2.21. The Kier molecular flexibility index (Phi) is 9.65. The second-order valence-corrected chi connectivity index (χ2v) is 12.2. The minimum Gasteiger partial charge on any atom is -0.480 e. The predicted molar refractivity (Wildman–Crippen MR) is 170 cm³/mol. The molecule has 3 aromatic carbocycles. The molecule has 0 aliphatic rings. The summed E-state index contributed by atoms with van der Waals surface area (Å²) in [6.07, 6.45) is 3.09. The van der Waals surface area contributed by atoms with Crippen LogP contribution in [0.4, 0.5) is 10.5 Å². The number of aliphatic carboxylic acids is 1. The summed E-state index contributed by atoms with van der Waals surface area (Å²) in [5.41, 5.74) is 4.91. The van der Waals surface area contributed by atoms with Crippen molar-refractivity contribution in [3.05, 3.63) is 104 Å². The highest BCUT2D eigenvalue weighted by molar-refractivity contribution is 7.89. The molecule has 2 amide bonds. The number of sulfonamides is 1. The molecule has 4 rings (SSSR count). The van der Waals surface area contributed by atoms with Gasteiger partial charge < -0.3 is 20.7 Å². The third-order valence-electron chi connectivity index (χ3n) is 7.69. The number of carboxylic acid groups (broad SMARTS) is 1. The monoisotopic (exact) mass is 617 g/mol. The lowest BCUT2D eigenvalue weighted by atomic mass is 9.95. The summed E-state index contributed by atoms with van der Waals surface area (Å²) < 4.78 is 29.2. The quantitative estimate of drug-likeness (QED) is 0.177. The van der Waals surface area contributed by atoms with Gasteiger partial charge in [-0.1, -0.05) is 36.4 Å². The van der Waals surface area contributed by atoms with Gasteiger partial charge in [0.2, 0.25) is 10.0 Å². The molecule has 0 saturated heterocycles. The standard InChI is InChI=1S/C32H35N5O6S/c1-18-19(2)21(4)29(22(5)20(18)3)44(42,43)37-27(31(39)40)17-28-35-26-14-13-23(16-25(26)30(38)36-28)10-9-15-33-32(41)34-24-11-7-6-8-12-24/h6-14,16,27,37H,15,17H2,1-5H3,(H,39,40)(H2,33,34,41)(H,35,36,38)/t27-/m0/s1. The molecule has 0 fully saturated rings. The van der Waals surface area contributed by atoms with E-state index in [9.17, 15) is 27.9 Å². The number of rotatable bonds is 10. The van der Waals surface area contributed by atoms with Crippen LogP contribution >= 0.6 is 0 Å². The fourth-order valence-electron chi connectivity index (χ4n) is 4.94. The lowest BCUT2D eigenvalue weighted by Crippen LogP contribution is -2.43. The minimum atomic E-state index is -4.23. The van der Waals surface area contributed by atoms with E-state index in [4.69, 9.17) is 0 Å². The van der Waals surface area contributed by atoms with Crippen LogP contribution in [-0.4, -0.2) is 48.1 Å². The number of carbonyl (C=O) groups excluding carboxylic acids is 1. The molecular formula is C32H35N5O6S. The molecule has 1 atom stereocenters. The Balaban J connectivity index is 1.48. The van der Waals surface area contributed by atoms with E-state index in [0.717, 1.165) is 16.7 Å². The number of H-pyrrole nitrogens is 1. The summed E-state index contributed by atoms with van der Waals surface area (Å²) in [5, 5.41) is 15.6. The molecule has 0 unspecified atom stereocenters. The summed E-state index contributed by atoms with van der Waals surface area (Å²) >= 11 is 0. The molecule has 0 aliphatic heterocycles. The van der Waals surface area contributed by atoms with E-state index in [0.29, 0.717) is 27.9 Å². The van der Waals surface area contributed by atoms with Crippen molar-refractivity contribution in [3.8, 4) is 0 Å². The highest BCUT2D eigenvalue weighted by Crippen LogP contribution is 2.29. The number of amides is 2. The van der Waals surface area contributed by atoms with Crippen LogP contribution in [0.1, 0.15) is 39.2 Å². The van der Waals surface area contributed by atoms with E-state index in [1.165, 1.54) is 0 Å². The minimum absolute atomic E-state index is 0.0271. The smallest absolute Gasteiger partial charge is 0.322 e. The maximum Gasteiger partial charge on any atom is 0.322 e. The van der Waals surface area contributed by atoms with Crippen LogP contribution in [0.15, 0.2) is 64.3 Å². The molecular weight excluding hydrogens is 582 g/mol. The topological polar surface area (TPSA) is 170 Å². The molecule has 0 saturated carbocycles. The van der Waals surface area contributed by atoms with Crippen LogP contribution in [0.5, 0.6) is 0 Å². The summed E-state index contributed by atoms with van der Waals surface area (Å²) in [7, 11) is -4.23. The Hall–Kier alpha value is -4.81. The fraction of sp³-hybridized carbons (Fsp3) is 0.250. The first-order valence-corrected chi connectivity index (χ1v) is 15.4. The first kappa shape index (κ1) is 32.1. The number of para-hydroxylation sites is 1. The zero-order valence-corrected chi connectivity index (χ0v) is 25.9. The van der Waals surface area contributed by atoms with E-state index >= 15 is 0 Å². The normalized spacial score (nSPS) is 12.4. The van der Waals surface area contributed by atoms with Crippen LogP contribution in [0.2, 0.25) is 0 Å². The fourth-order valence-corrected chi connectivity index (χ4v) is 6.73. The number of hydrogen-bond donors (Lipinski definition) is 5. The maximum absolute atomic E-state index is 13.4. The van der Waals surface area contributed by atoms with Gasteiger partial charge in [0.25, 0.3) is 5.56 Å². The molecule has 5 N–H and O–H groups in total. The summed E-state index contributed by atoms with van der Waals surface area (Å²) in [4.78, 5) is 44.1. The number of nitrogens with one attached hydrogen (secondary N) is 4. The van der Waals surface area contributed by atoms with Gasteiger partial charge in [-0.2, -0.15) is 4.72 Å². The van der Waals surface area contributed by atoms with E-state index in [2.05, 4.69) is 25.3 Å². The number of anilines is 1. The van der Waals surface area contributed by atoms with Crippen LogP contribution < -0.4 is 20.9 Å². The molecule has 1 aromatic heterocycles. The van der Waals surface area contributed by atoms with Crippen LogP contribution in [0.25, 0.3) is 17.0 Å². The average molecular weight is 618 g/mol. The summed E-state index contributed by atoms with van der Waals surface area (Å²) in [5.74, 6) is -1.38. The van der Waals surface area contributed by atoms with Crippen molar-refractivity contribution in [3.63, 3.8) is 0 Å². The number of hydrogen-bond acceptors (Lipinski definition) is 6. The highest BCUT2D eigenvalue weighted by atomic mass is 32.2. The Morgan fingerprint density at radius 2 is 1.59 bits per heavy atom. The number of fused-ring (bicyclic) bond motifs is 1. The molecule has 0 aliphatic carbocycles. The number of aromatic nitrogens is 2. The van der Waals surface area contributed by atoms with Crippen molar-refractivity contribution < 1.29 is 23.1 Å². The van der Waals surface area contributed by atoms with Crippen molar-refractivity contribution in [2.24, 2.45) is 0 Å². The molecule has 12 heteroatoms. The summed E-state index contributed by atoms with van der Waals surface area (Å²) in [6.45, 7) is 9.23. The van der Waals surface area contributed by atoms with Gasteiger partial charge in [-0.3, -0.25) is 9.59 Å². The van der Waals surface area contributed by atoms with Crippen molar-refractivity contribution in [2.75, 3.05) is 11.9 Å². The molecule has 11 nitrogen and oxygen atoms in total. The second kappa shape index (κ2) is 13.2. The van der Waals surface area contributed by atoms with Crippen LogP contribution in [-0.2, 0) is 21.2 Å². The number of carbonyl (C=O) groups is 2. The van der Waals surface area contributed by atoms with Crippen molar-refractivity contribution in [1.29, 1.82) is 0 Å². The third kappa shape index (κ3) is 7.21. The van der Waals surface area contributed by atoms with E-state index in [1.54, 1.807) is 56.3 Å². The maximum atomic E-state index is 13.4. The highest BCUT2D eigenvalue weighted by Gasteiger charge is 2.30. The van der Waals surface area contributed by atoms with Gasteiger partial charge in [0.1, 0.15) is 11.9 Å². The summed E-state index contributed by atoms with van der Waals surface area (Å²) in [6, 6.07) is 12.1. The van der Waals surface area contributed by atoms with E-state index < -0.39 is 27.6 Å². The van der Waals surface area contributed by atoms with E-state index in [1.807, 2.05) is 39.0 Å². The number of benzene rings is 3. The van der Waals surface area contributed by atoms with Gasteiger partial charge in [-0.15, -0.1) is 0 Å². The van der Waals surface area contributed by atoms with E-state index in [-0.39, 0.29) is 35.1 Å². The van der Waals surface area contributed by atoms with Crippen molar-refractivity contribution in [2.45, 2.75) is 52.0 Å². The van der Waals surface area contributed by atoms with Gasteiger partial charge >= 0.3 is 12.0 Å². The first-order valence-electron chi connectivity index (χ1n) is 13.9. The average Bonchev–Trinajstić information content (AvgIpc) is 2.97. The Morgan fingerprint density at radius 1 is 0.955 bits per heavy atom. The molecule has 0 bridgehead atoms.